The Bertz CT molecular complexity index is 444. The number of nitrogens with two attached hydrogens (primary N) is 1. The van der Waals surface area contributed by atoms with Crippen molar-refractivity contribution in [2.24, 2.45) is 5.92 Å². The topological polar surface area (TPSA) is 55.1 Å². The molecule has 2 atom stereocenters. The van der Waals surface area contributed by atoms with E-state index in [4.69, 9.17) is 5.73 Å². The van der Waals surface area contributed by atoms with Crippen LogP contribution in [0, 0.1) is 5.92 Å². The van der Waals surface area contributed by atoms with Gasteiger partial charge in [0.1, 0.15) is 0 Å². The number of amides is 1. The van der Waals surface area contributed by atoms with Crippen LogP contribution >= 0.6 is 0 Å². The second-order valence-corrected chi connectivity index (χ2v) is 5.83. The summed E-state index contributed by atoms with van der Waals surface area (Å²) in [6, 6.07) is 8.17. The zero-order valence-electron chi connectivity index (χ0n) is 12.4. The van der Waals surface area contributed by atoms with E-state index >= 15 is 0 Å². The molecule has 110 valence electrons. The molecule has 1 aromatic rings. The average Bonchev–Trinajstić information content (AvgIpc) is 2.47. The van der Waals surface area contributed by atoms with Crippen LogP contribution in [0.3, 0.4) is 0 Å². The first-order valence-corrected chi connectivity index (χ1v) is 7.83. The van der Waals surface area contributed by atoms with Gasteiger partial charge >= 0.3 is 0 Å². The number of benzene rings is 1. The maximum Gasteiger partial charge on any atom is 0.220 e. The van der Waals surface area contributed by atoms with Gasteiger partial charge in [0.15, 0.2) is 0 Å². The molecule has 1 aliphatic carbocycles. The van der Waals surface area contributed by atoms with Crippen LogP contribution in [0.5, 0.6) is 0 Å². The number of carbonyl (C=O) groups is 1. The Kier molecular flexibility index (Phi) is 5.45. The molecular formula is C17H26N2O. The van der Waals surface area contributed by atoms with E-state index < -0.39 is 0 Å². The lowest BCUT2D eigenvalue weighted by Gasteiger charge is -2.31. The Labute approximate surface area is 121 Å². The van der Waals surface area contributed by atoms with Crippen molar-refractivity contribution in [1.82, 2.24) is 5.32 Å². The molecule has 0 heterocycles. The SMILES string of the molecule is CCC1CCCCC1NC(=O)CCc1ccccc1N. The summed E-state index contributed by atoms with van der Waals surface area (Å²) in [7, 11) is 0. The Balaban J connectivity index is 1.82. The minimum Gasteiger partial charge on any atom is -0.399 e. The highest BCUT2D eigenvalue weighted by Crippen LogP contribution is 2.26. The van der Waals surface area contributed by atoms with Gasteiger partial charge in [0.2, 0.25) is 5.91 Å². The van der Waals surface area contributed by atoms with Crippen LogP contribution in [-0.2, 0) is 11.2 Å². The molecule has 1 aliphatic rings. The van der Waals surface area contributed by atoms with Gasteiger partial charge in [0.05, 0.1) is 0 Å². The second kappa shape index (κ2) is 7.32. The third kappa shape index (κ3) is 3.99. The number of aryl methyl sites for hydroxylation is 1. The zero-order valence-corrected chi connectivity index (χ0v) is 12.4. The fourth-order valence-electron chi connectivity index (χ4n) is 3.18. The van der Waals surface area contributed by atoms with E-state index in [0.29, 0.717) is 18.4 Å². The molecule has 1 amide bonds. The van der Waals surface area contributed by atoms with E-state index in [1.807, 2.05) is 24.3 Å². The van der Waals surface area contributed by atoms with Gasteiger partial charge in [-0.15, -0.1) is 0 Å². The molecule has 1 fully saturated rings. The van der Waals surface area contributed by atoms with Crippen LogP contribution in [0.4, 0.5) is 5.69 Å². The van der Waals surface area contributed by atoms with E-state index in [1.165, 1.54) is 19.3 Å². The van der Waals surface area contributed by atoms with Gasteiger partial charge in [-0.25, -0.2) is 0 Å². The summed E-state index contributed by atoms with van der Waals surface area (Å²) in [5.74, 6) is 0.827. The number of nitrogens with one attached hydrogen (secondary N) is 1. The standard InChI is InChI=1S/C17H26N2O/c1-2-13-7-4-6-10-16(13)19-17(20)12-11-14-8-3-5-9-15(14)18/h3,5,8-9,13,16H,2,4,6-7,10-12,18H2,1H3,(H,19,20). The van der Waals surface area contributed by atoms with E-state index in [2.05, 4.69) is 12.2 Å². The largest absolute Gasteiger partial charge is 0.399 e. The van der Waals surface area contributed by atoms with E-state index in [-0.39, 0.29) is 5.91 Å². The molecule has 0 bridgehead atoms. The summed E-state index contributed by atoms with van der Waals surface area (Å²) >= 11 is 0. The summed E-state index contributed by atoms with van der Waals surface area (Å²) in [6.45, 7) is 2.22. The van der Waals surface area contributed by atoms with Crippen molar-refractivity contribution >= 4 is 11.6 Å². The molecule has 0 aliphatic heterocycles. The summed E-state index contributed by atoms with van der Waals surface area (Å²) in [4.78, 5) is 12.1. The second-order valence-electron chi connectivity index (χ2n) is 5.83. The van der Waals surface area contributed by atoms with Gasteiger partial charge in [-0.1, -0.05) is 44.4 Å². The molecule has 1 aromatic carbocycles. The van der Waals surface area contributed by atoms with Crippen LogP contribution in [0.15, 0.2) is 24.3 Å². The molecule has 0 saturated heterocycles. The highest BCUT2D eigenvalue weighted by Gasteiger charge is 2.24. The van der Waals surface area contributed by atoms with E-state index in [0.717, 1.165) is 30.5 Å². The zero-order chi connectivity index (χ0) is 14.4. The van der Waals surface area contributed by atoms with Gasteiger partial charge < -0.3 is 11.1 Å². The summed E-state index contributed by atoms with van der Waals surface area (Å²) < 4.78 is 0. The minimum absolute atomic E-state index is 0.165. The monoisotopic (exact) mass is 274 g/mol. The summed E-state index contributed by atoms with van der Waals surface area (Å²) in [5.41, 5.74) is 7.75. The molecule has 2 unspecified atom stereocenters. The number of anilines is 1. The van der Waals surface area contributed by atoms with Crippen LogP contribution in [-0.4, -0.2) is 11.9 Å². The Hall–Kier alpha value is -1.51. The fourth-order valence-corrected chi connectivity index (χ4v) is 3.18. The first-order chi connectivity index (χ1) is 9.70. The minimum atomic E-state index is 0.165. The summed E-state index contributed by atoms with van der Waals surface area (Å²) in [5, 5.41) is 3.23. The number of nitrogen functional groups attached to an aromatic ring is 1. The summed E-state index contributed by atoms with van der Waals surface area (Å²) in [6.07, 6.45) is 7.36. The Morgan fingerprint density at radius 1 is 1.30 bits per heavy atom. The van der Waals surface area contributed by atoms with Gasteiger partial charge in [0.25, 0.3) is 0 Å². The van der Waals surface area contributed by atoms with Crippen LogP contribution < -0.4 is 11.1 Å². The lowest BCUT2D eigenvalue weighted by atomic mass is 9.83. The molecule has 0 spiro atoms. The smallest absolute Gasteiger partial charge is 0.220 e. The van der Waals surface area contributed by atoms with Crippen LogP contribution in [0.1, 0.15) is 51.0 Å². The molecule has 2 rings (SSSR count). The van der Waals surface area contributed by atoms with Crippen molar-refractivity contribution < 1.29 is 4.79 Å². The lowest BCUT2D eigenvalue weighted by Crippen LogP contribution is -2.42. The number of para-hydroxylation sites is 1. The Morgan fingerprint density at radius 2 is 2.05 bits per heavy atom. The van der Waals surface area contributed by atoms with Gasteiger partial charge in [0, 0.05) is 18.2 Å². The van der Waals surface area contributed by atoms with Crippen molar-refractivity contribution in [1.29, 1.82) is 0 Å². The van der Waals surface area contributed by atoms with Crippen LogP contribution in [0.25, 0.3) is 0 Å². The molecule has 0 aromatic heterocycles. The van der Waals surface area contributed by atoms with Crippen molar-refractivity contribution in [3.63, 3.8) is 0 Å². The quantitative estimate of drug-likeness (QED) is 0.810. The molecule has 3 heteroatoms. The number of hydrogen-bond acceptors (Lipinski definition) is 2. The number of hydrogen-bond donors (Lipinski definition) is 2. The molecule has 0 radical (unpaired) electrons. The maximum absolute atomic E-state index is 12.1. The van der Waals surface area contributed by atoms with E-state index in [9.17, 15) is 4.79 Å². The average molecular weight is 274 g/mol. The van der Waals surface area contributed by atoms with Gasteiger partial charge in [-0.2, -0.15) is 0 Å². The predicted molar refractivity (Wildman–Crippen MR) is 83.4 cm³/mol. The molecule has 3 N–H and O–H groups in total. The third-order valence-corrected chi connectivity index (χ3v) is 4.46. The Morgan fingerprint density at radius 3 is 2.80 bits per heavy atom. The van der Waals surface area contributed by atoms with E-state index in [1.54, 1.807) is 0 Å². The number of rotatable bonds is 5. The predicted octanol–water partition coefficient (Wildman–Crippen LogP) is 3.29. The lowest BCUT2D eigenvalue weighted by molar-refractivity contribution is -0.122. The van der Waals surface area contributed by atoms with Gasteiger partial charge in [-0.3, -0.25) is 4.79 Å². The van der Waals surface area contributed by atoms with Crippen molar-refractivity contribution in [3.05, 3.63) is 29.8 Å². The van der Waals surface area contributed by atoms with Gasteiger partial charge in [-0.05, 0) is 36.8 Å². The van der Waals surface area contributed by atoms with Crippen molar-refractivity contribution in [2.75, 3.05) is 5.73 Å². The molecule has 1 saturated carbocycles. The highest BCUT2D eigenvalue weighted by molar-refractivity contribution is 5.76. The van der Waals surface area contributed by atoms with Crippen molar-refractivity contribution in [3.8, 4) is 0 Å². The molecule has 3 nitrogen and oxygen atoms in total. The first kappa shape index (κ1) is 14.9. The third-order valence-electron chi connectivity index (χ3n) is 4.46. The fraction of sp³-hybridized carbons (Fsp3) is 0.588. The van der Waals surface area contributed by atoms with Crippen molar-refractivity contribution in [2.45, 2.75) is 57.9 Å². The molecular weight excluding hydrogens is 248 g/mol. The first-order valence-electron chi connectivity index (χ1n) is 7.83. The highest BCUT2D eigenvalue weighted by atomic mass is 16.1. The number of carbonyl (C=O) groups excluding carboxylic acids is 1. The maximum atomic E-state index is 12.1. The molecule has 20 heavy (non-hydrogen) atoms. The van der Waals surface area contributed by atoms with Crippen LogP contribution in [0.2, 0.25) is 0 Å². The normalized spacial score (nSPS) is 22.4.